The zero-order chi connectivity index (χ0) is 15.5. The van der Waals surface area contributed by atoms with E-state index in [9.17, 15) is 4.79 Å². The third kappa shape index (κ3) is 3.14. The first-order chi connectivity index (χ1) is 10.6. The number of nitrogens with one attached hydrogen (secondary N) is 1. The van der Waals surface area contributed by atoms with Crippen molar-refractivity contribution in [3.8, 4) is 0 Å². The van der Waals surface area contributed by atoms with Gasteiger partial charge in [-0.2, -0.15) is 0 Å². The first kappa shape index (κ1) is 15.0. The molecule has 7 heteroatoms. The molecule has 0 aromatic carbocycles. The van der Waals surface area contributed by atoms with Gasteiger partial charge < -0.3 is 15.1 Å². The summed E-state index contributed by atoms with van der Waals surface area (Å²) in [5.74, 6) is 1.50. The Kier molecular flexibility index (Phi) is 4.42. The lowest BCUT2D eigenvalue weighted by molar-refractivity contribution is 0.149. The van der Waals surface area contributed by atoms with Gasteiger partial charge in [-0.05, 0) is 30.2 Å². The normalized spacial score (nSPS) is 16.0. The quantitative estimate of drug-likeness (QED) is 0.944. The van der Waals surface area contributed by atoms with Gasteiger partial charge in [-0.25, -0.2) is 14.8 Å². The summed E-state index contributed by atoms with van der Waals surface area (Å²) in [5.41, 5.74) is 0.994. The highest BCUT2D eigenvalue weighted by atomic mass is 32.1. The summed E-state index contributed by atoms with van der Waals surface area (Å²) in [6.07, 6.45) is 3.67. The Labute approximate surface area is 134 Å². The Balaban J connectivity index is 1.53. The van der Waals surface area contributed by atoms with Gasteiger partial charge in [-0.1, -0.05) is 0 Å². The number of rotatable bonds is 3. The standard InChI is InChI=1S/C15H21N5OS/c1-19(2)15(21)20-6-3-11(4-7-20)9-16-14-13-12(5-8-22-13)17-10-18-14/h5,8,10-11H,3-4,6-7,9H2,1-2H3,(H,16,17,18). The number of aromatic nitrogens is 2. The molecule has 0 spiro atoms. The maximum Gasteiger partial charge on any atom is 0.319 e. The highest BCUT2D eigenvalue weighted by Crippen LogP contribution is 2.26. The molecule has 1 N–H and O–H groups in total. The van der Waals surface area contributed by atoms with Crippen molar-refractivity contribution < 1.29 is 4.79 Å². The van der Waals surface area contributed by atoms with Crippen molar-refractivity contribution in [2.24, 2.45) is 5.92 Å². The second-order valence-electron chi connectivity index (χ2n) is 5.85. The topological polar surface area (TPSA) is 61.4 Å². The lowest BCUT2D eigenvalue weighted by atomic mass is 9.97. The van der Waals surface area contributed by atoms with Crippen molar-refractivity contribution >= 4 is 33.4 Å². The summed E-state index contributed by atoms with van der Waals surface area (Å²) in [6, 6.07) is 2.13. The molecule has 3 heterocycles. The van der Waals surface area contributed by atoms with Gasteiger partial charge in [-0.3, -0.25) is 0 Å². The number of anilines is 1. The molecule has 3 rings (SSSR count). The predicted molar refractivity (Wildman–Crippen MR) is 89.3 cm³/mol. The average molecular weight is 319 g/mol. The third-order valence-corrected chi connectivity index (χ3v) is 4.98. The maximum atomic E-state index is 11.9. The van der Waals surface area contributed by atoms with E-state index < -0.39 is 0 Å². The van der Waals surface area contributed by atoms with E-state index in [0.717, 1.165) is 48.5 Å². The number of piperidine rings is 1. The van der Waals surface area contributed by atoms with Gasteiger partial charge in [0.25, 0.3) is 0 Å². The van der Waals surface area contributed by atoms with Crippen molar-refractivity contribution in [2.45, 2.75) is 12.8 Å². The molecule has 0 atom stereocenters. The van der Waals surface area contributed by atoms with Crippen molar-refractivity contribution in [3.63, 3.8) is 0 Å². The monoisotopic (exact) mass is 319 g/mol. The molecule has 1 aliphatic rings. The second-order valence-corrected chi connectivity index (χ2v) is 6.76. The number of thiophene rings is 1. The van der Waals surface area contributed by atoms with Gasteiger partial charge in [0.1, 0.15) is 12.1 Å². The minimum Gasteiger partial charge on any atom is -0.369 e. The van der Waals surface area contributed by atoms with E-state index in [0.29, 0.717) is 5.92 Å². The van der Waals surface area contributed by atoms with E-state index >= 15 is 0 Å². The van der Waals surface area contributed by atoms with E-state index in [4.69, 9.17) is 0 Å². The van der Waals surface area contributed by atoms with E-state index in [1.54, 1.807) is 36.7 Å². The Hall–Kier alpha value is -1.89. The number of carbonyl (C=O) groups excluding carboxylic acids is 1. The molecule has 1 fully saturated rings. The van der Waals surface area contributed by atoms with Crippen LogP contribution in [0.2, 0.25) is 0 Å². The molecule has 0 radical (unpaired) electrons. The molecule has 0 aliphatic carbocycles. The number of hydrogen-bond acceptors (Lipinski definition) is 5. The Bertz CT molecular complexity index is 648. The van der Waals surface area contributed by atoms with E-state index in [-0.39, 0.29) is 6.03 Å². The number of carbonyl (C=O) groups is 1. The Morgan fingerprint density at radius 1 is 1.41 bits per heavy atom. The van der Waals surface area contributed by atoms with Crippen LogP contribution in [0.25, 0.3) is 10.2 Å². The van der Waals surface area contributed by atoms with Crippen LogP contribution in [0.15, 0.2) is 17.8 Å². The van der Waals surface area contributed by atoms with Gasteiger partial charge in [-0.15, -0.1) is 11.3 Å². The largest absolute Gasteiger partial charge is 0.369 e. The van der Waals surface area contributed by atoms with Crippen LogP contribution in [0.1, 0.15) is 12.8 Å². The van der Waals surface area contributed by atoms with Crippen LogP contribution in [0.5, 0.6) is 0 Å². The van der Waals surface area contributed by atoms with E-state index in [1.165, 1.54) is 0 Å². The highest BCUT2D eigenvalue weighted by molar-refractivity contribution is 7.17. The zero-order valence-electron chi connectivity index (χ0n) is 13.0. The summed E-state index contributed by atoms with van der Waals surface area (Å²) in [7, 11) is 3.61. The molecule has 22 heavy (non-hydrogen) atoms. The number of fused-ring (bicyclic) bond motifs is 1. The van der Waals surface area contributed by atoms with Crippen LogP contribution < -0.4 is 5.32 Å². The third-order valence-electron chi connectivity index (χ3n) is 4.07. The van der Waals surface area contributed by atoms with Crippen LogP contribution in [0, 0.1) is 5.92 Å². The molecule has 1 aliphatic heterocycles. The number of urea groups is 1. The fourth-order valence-electron chi connectivity index (χ4n) is 2.77. The molecule has 0 saturated carbocycles. The van der Waals surface area contributed by atoms with Gasteiger partial charge in [0, 0.05) is 33.7 Å². The van der Waals surface area contributed by atoms with Crippen LogP contribution in [0.3, 0.4) is 0 Å². The van der Waals surface area contributed by atoms with Crippen molar-refractivity contribution in [3.05, 3.63) is 17.8 Å². The lowest BCUT2D eigenvalue weighted by Gasteiger charge is -2.33. The molecule has 2 amide bonds. The molecular weight excluding hydrogens is 298 g/mol. The molecule has 6 nitrogen and oxygen atoms in total. The van der Waals surface area contributed by atoms with Crippen LogP contribution in [-0.2, 0) is 0 Å². The molecule has 118 valence electrons. The highest BCUT2D eigenvalue weighted by Gasteiger charge is 2.23. The SMILES string of the molecule is CN(C)C(=O)N1CCC(CNc2ncnc3ccsc23)CC1. The van der Waals surface area contributed by atoms with Gasteiger partial charge in [0.15, 0.2) is 0 Å². The van der Waals surface area contributed by atoms with Gasteiger partial charge in [0.05, 0.1) is 10.2 Å². The average Bonchev–Trinajstić information content (AvgIpc) is 3.01. The summed E-state index contributed by atoms with van der Waals surface area (Å²) < 4.78 is 1.11. The molecule has 2 aromatic heterocycles. The fraction of sp³-hybridized carbons (Fsp3) is 0.533. The summed E-state index contributed by atoms with van der Waals surface area (Å²) in [5, 5.41) is 5.49. The smallest absolute Gasteiger partial charge is 0.319 e. The van der Waals surface area contributed by atoms with Crippen molar-refractivity contribution in [2.75, 3.05) is 39.0 Å². The maximum absolute atomic E-state index is 11.9. The Morgan fingerprint density at radius 3 is 2.91 bits per heavy atom. The summed E-state index contributed by atoms with van der Waals surface area (Å²) >= 11 is 1.66. The number of nitrogens with zero attached hydrogens (tertiary/aromatic N) is 4. The summed E-state index contributed by atoms with van der Waals surface area (Å²) in [4.78, 5) is 24.1. The molecular formula is C15H21N5OS. The van der Waals surface area contributed by atoms with Crippen LogP contribution in [0.4, 0.5) is 10.6 Å². The number of likely N-dealkylation sites (tertiary alicyclic amines) is 1. The fourth-order valence-corrected chi connectivity index (χ4v) is 3.58. The van der Waals surface area contributed by atoms with E-state index in [1.807, 2.05) is 16.3 Å². The Morgan fingerprint density at radius 2 is 2.18 bits per heavy atom. The first-order valence-corrected chi connectivity index (χ1v) is 8.41. The second kappa shape index (κ2) is 6.48. The first-order valence-electron chi connectivity index (χ1n) is 7.53. The lowest BCUT2D eigenvalue weighted by Crippen LogP contribution is -2.44. The summed E-state index contributed by atoms with van der Waals surface area (Å²) in [6.45, 7) is 2.57. The van der Waals surface area contributed by atoms with Crippen LogP contribution >= 0.6 is 11.3 Å². The zero-order valence-corrected chi connectivity index (χ0v) is 13.8. The van der Waals surface area contributed by atoms with Crippen molar-refractivity contribution in [1.29, 1.82) is 0 Å². The molecule has 0 bridgehead atoms. The number of hydrogen-bond donors (Lipinski definition) is 1. The van der Waals surface area contributed by atoms with Crippen molar-refractivity contribution in [1.82, 2.24) is 19.8 Å². The minimum atomic E-state index is 0.113. The molecule has 1 saturated heterocycles. The van der Waals surface area contributed by atoms with Gasteiger partial charge >= 0.3 is 6.03 Å². The van der Waals surface area contributed by atoms with Crippen LogP contribution in [-0.4, -0.2) is 59.5 Å². The minimum absolute atomic E-state index is 0.113. The molecule has 2 aromatic rings. The number of amides is 2. The van der Waals surface area contributed by atoms with Gasteiger partial charge in [0.2, 0.25) is 0 Å². The predicted octanol–water partition coefficient (Wildman–Crippen LogP) is 2.50. The molecule has 0 unspecified atom stereocenters. The van der Waals surface area contributed by atoms with E-state index in [2.05, 4.69) is 15.3 Å².